The molecule has 3 rings (SSSR count). The van der Waals surface area contributed by atoms with Crippen molar-refractivity contribution in [3.63, 3.8) is 0 Å². The molecule has 0 aromatic rings. The summed E-state index contributed by atoms with van der Waals surface area (Å²) < 4.78 is 34.4. The van der Waals surface area contributed by atoms with Gasteiger partial charge in [-0.3, -0.25) is 4.90 Å². The van der Waals surface area contributed by atoms with Crippen LogP contribution in [0.3, 0.4) is 0 Å². The molecule has 2 bridgehead atoms. The van der Waals surface area contributed by atoms with Gasteiger partial charge in [0.15, 0.2) is 0 Å². The summed E-state index contributed by atoms with van der Waals surface area (Å²) in [5.74, 6) is 0.559. The van der Waals surface area contributed by atoms with Gasteiger partial charge in [0.25, 0.3) is 0 Å². The van der Waals surface area contributed by atoms with E-state index < -0.39 is 0 Å². The fraction of sp³-hybridized carbons (Fsp3) is 1.00. The van der Waals surface area contributed by atoms with Crippen LogP contribution in [0.2, 0.25) is 0 Å². The largest absolute Gasteiger partial charge is 0.379 e. The van der Waals surface area contributed by atoms with Crippen molar-refractivity contribution in [1.29, 1.82) is 0 Å². The quantitative estimate of drug-likeness (QED) is 0.631. The molecule has 3 heterocycles. The minimum absolute atomic E-state index is 0.559. The Kier molecular flexibility index (Phi) is 13.3. The third-order valence-electron chi connectivity index (χ3n) is 4.78. The highest BCUT2D eigenvalue weighted by molar-refractivity contribution is 4.61. The minimum atomic E-state index is 0.559. The van der Waals surface area contributed by atoms with Crippen molar-refractivity contribution in [2.75, 3.05) is 98.9 Å². The van der Waals surface area contributed by atoms with Crippen LogP contribution in [0.1, 0.15) is 19.3 Å². The fourth-order valence-electron chi connectivity index (χ4n) is 3.07. The van der Waals surface area contributed by atoms with E-state index in [1.807, 2.05) is 0 Å². The van der Waals surface area contributed by atoms with Gasteiger partial charge in [-0.15, -0.1) is 0 Å². The maximum Gasteiger partial charge on any atom is 0.0701 e. The van der Waals surface area contributed by atoms with Crippen molar-refractivity contribution in [3.05, 3.63) is 0 Å². The molecule has 0 amide bonds. The predicted molar refractivity (Wildman–Crippen MR) is 98.7 cm³/mol. The minimum Gasteiger partial charge on any atom is -0.379 e. The van der Waals surface area contributed by atoms with Gasteiger partial charge >= 0.3 is 0 Å². The number of rotatable bonds is 0. The van der Waals surface area contributed by atoms with Crippen molar-refractivity contribution in [2.45, 2.75) is 19.3 Å². The molecule has 3 aliphatic heterocycles. The Morgan fingerprint density at radius 2 is 0.692 bits per heavy atom. The number of hydrogen-bond donors (Lipinski definition) is 0. The van der Waals surface area contributed by atoms with Crippen LogP contribution in [-0.4, -0.2) is 104 Å². The van der Waals surface area contributed by atoms with Gasteiger partial charge in [-0.1, -0.05) is 0 Å². The Hall–Kier alpha value is -0.280. The van der Waals surface area contributed by atoms with Gasteiger partial charge in [0.2, 0.25) is 0 Å². The van der Waals surface area contributed by atoms with E-state index in [0.717, 1.165) is 58.7 Å². The Bertz CT molecular complexity index is 243. The lowest BCUT2D eigenvalue weighted by Crippen LogP contribution is -2.34. The lowest BCUT2D eigenvalue weighted by molar-refractivity contribution is -0.00386. The highest BCUT2D eigenvalue weighted by Crippen LogP contribution is 2.14. The van der Waals surface area contributed by atoms with Crippen LogP contribution in [0.4, 0.5) is 0 Å². The zero-order valence-electron chi connectivity index (χ0n) is 16.2. The predicted octanol–water partition coefficient (Wildman–Crippen LogP) is 1.20. The summed E-state index contributed by atoms with van der Waals surface area (Å²) in [6.07, 6.45) is 3.11. The zero-order chi connectivity index (χ0) is 18.1. The molecule has 0 spiro atoms. The molecule has 3 saturated heterocycles. The van der Waals surface area contributed by atoms with E-state index in [9.17, 15) is 0 Å². The highest BCUT2D eigenvalue weighted by atomic mass is 16.5. The standard InChI is InChI=1S/C19H37NO6/c1-7-21-13-16-24-10-4-20-5-11-25-17-14-22-8-2-19(1)3-9-23-15-18-26-12-6-20/h19H,1-18H2. The first-order valence-corrected chi connectivity index (χ1v) is 10.1. The molecule has 3 aliphatic rings. The van der Waals surface area contributed by atoms with Gasteiger partial charge in [-0.2, -0.15) is 0 Å². The van der Waals surface area contributed by atoms with Crippen LogP contribution < -0.4 is 0 Å². The summed E-state index contributed by atoms with van der Waals surface area (Å²) in [7, 11) is 0. The lowest BCUT2D eigenvalue weighted by atomic mass is 9.99. The molecule has 0 aromatic carbocycles. The van der Waals surface area contributed by atoms with E-state index >= 15 is 0 Å². The molecule has 7 nitrogen and oxygen atoms in total. The second-order valence-corrected chi connectivity index (χ2v) is 6.75. The van der Waals surface area contributed by atoms with Gasteiger partial charge in [0.1, 0.15) is 0 Å². The molecule has 0 aliphatic carbocycles. The van der Waals surface area contributed by atoms with Crippen LogP contribution in [0.25, 0.3) is 0 Å². The summed E-state index contributed by atoms with van der Waals surface area (Å²) in [5, 5.41) is 0. The second-order valence-electron chi connectivity index (χ2n) is 6.75. The van der Waals surface area contributed by atoms with E-state index in [2.05, 4.69) is 4.90 Å². The summed E-state index contributed by atoms with van der Waals surface area (Å²) in [4.78, 5) is 2.32. The SMILES string of the molecule is C1COCCN2CCOCCOCCC(CCO1)CCOCCOCC2. The average molecular weight is 376 g/mol. The molecule has 3 fully saturated rings. The molecule has 0 radical (unpaired) electrons. The van der Waals surface area contributed by atoms with Crippen LogP contribution in [0.5, 0.6) is 0 Å². The van der Waals surface area contributed by atoms with Crippen molar-refractivity contribution >= 4 is 0 Å². The molecule has 7 heteroatoms. The second kappa shape index (κ2) is 15.7. The van der Waals surface area contributed by atoms with E-state index in [4.69, 9.17) is 28.4 Å². The number of nitrogens with zero attached hydrogens (tertiary/aromatic N) is 1. The Labute approximate surface area is 158 Å². The Morgan fingerprint density at radius 1 is 0.385 bits per heavy atom. The van der Waals surface area contributed by atoms with Crippen LogP contribution in [0.15, 0.2) is 0 Å². The zero-order valence-corrected chi connectivity index (χ0v) is 16.2. The summed E-state index contributed by atoms with van der Waals surface area (Å²) in [6.45, 7) is 11.0. The summed E-state index contributed by atoms with van der Waals surface area (Å²) in [6, 6.07) is 0. The average Bonchev–Trinajstić information content (AvgIpc) is 2.65. The van der Waals surface area contributed by atoms with Crippen LogP contribution >= 0.6 is 0 Å². The van der Waals surface area contributed by atoms with Crippen molar-refractivity contribution < 1.29 is 28.4 Å². The van der Waals surface area contributed by atoms with Gasteiger partial charge in [0.05, 0.1) is 59.5 Å². The molecular weight excluding hydrogens is 338 g/mol. The van der Waals surface area contributed by atoms with Gasteiger partial charge < -0.3 is 28.4 Å². The maximum atomic E-state index is 5.74. The molecule has 0 aromatic heterocycles. The molecule has 0 unspecified atom stereocenters. The van der Waals surface area contributed by atoms with Crippen LogP contribution in [0, 0.1) is 5.92 Å². The van der Waals surface area contributed by atoms with Gasteiger partial charge in [-0.25, -0.2) is 0 Å². The molecule has 0 atom stereocenters. The number of fused-ring (bicyclic) bond motifs is 21. The molecular formula is C19H37NO6. The monoisotopic (exact) mass is 375 g/mol. The first kappa shape index (κ1) is 22.0. The Morgan fingerprint density at radius 3 is 1.04 bits per heavy atom. The third-order valence-corrected chi connectivity index (χ3v) is 4.78. The summed E-state index contributed by atoms with van der Waals surface area (Å²) >= 11 is 0. The molecule has 154 valence electrons. The van der Waals surface area contributed by atoms with Crippen molar-refractivity contribution in [1.82, 2.24) is 4.90 Å². The Balaban J connectivity index is 1.87. The molecule has 0 N–H and O–H groups in total. The maximum absolute atomic E-state index is 5.74. The first-order valence-electron chi connectivity index (χ1n) is 10.1. The van der Waals surface area contributed by atoms with E-state index in [1.54, 1.807) is 0 Å². The topological polar surface area (TPSA) is 58.6 Å². The number of ether oxygens (including phenoxy) is 6. The van der Waals surface area contributed by atoms with E-state index in [1.165, 1.54) is 0 Å². The lowest BCUT2D eigenvalue weighted by Gasteiger charge is -2.23. The van der Waals surface area contributed by atoms with Gasteiger partial charge in [-0.05, 0) is 25.2 Å². The van der Waals surface area contributed by atoms with Crippen molar-refractivity contribution in [2.24, 2.45) is 5.92 Å². The molecule has 0 saturated carbocycles. The van der Waals surface area contributed by atoms with E-state index in [0.29, 0.717) is 65.4 Å². The van der Waals surface area contributed by atoms with Gasteiger partial charge in [0, 0.05) is 39.5 Å². The normalized spacial score (nSPS) is 30.5. The highest BCUT2D eigenvalue weighted by Gasteiger charge is 2.11. The summed E-state index contributed by atoms with van der Waals surface area (Å²) in [5.41, 5.74) is 0. The number of hydrogen-bond acceptors (Lipinski definition) is 7. The van der Waals surface area contributed by atoms with E-state index in [-0.39, 0.29) is 0 Å². The third kappa shape index (κ3) is 11.4. The molecule has 26 heavy (non-hydrogen) atoms. The van der Waals surface area contributed by atoms with Crippen LogP contribution in [-0.2, 0) is 28.4 Å². The fourth-order valence-corrected chi connectivity index (χ4v) is 3.07. The first-order chi connectivity index (χ1) is 12.9. The van der Waals surface area contributed by atoms with Crippen molar-refractivity contribution in [3.8, 4) is 0 Å². The smallest absolute Gasteiger partial charge is 0.0701 e.